The average Bonchev–Trinajstić information content (AvgIpc) is 2.46. The molecule has 0 bridgehead atoms. The molecule has 21 heavy (non-hydrogen) atoms. The topological polar surface area (TPSA) is 41.5 Å². The van der Waals surface area contributed by atoms with E-state index in [-0.39, 0.29) is 6.04 Å². The van der Waals surface area contributed by atoms with Gasteiger partial charge < -0.3 is 15.2 Å². The predicted octanol–water partition coefficient (Wildman–Crippen LogP) is 3.74. The molecule has 0 saturated heterocycles. The van der Waals surface area contributed by atoms with Crippen LogP contribution in [0.25, 0.3) is 0 Å². The second-order valence-corrected chi connectivity index (χ2v) is 6.39. The number of aliphatic hydroxyl groups is 1. The summed E-state index contributed by atoms with van der Waals surface area (Å²) in [6, 6.07) is 6.58. The van der Waals surface area contributed by atoms with Crippen LogP contribution < -0.4 is 10.1 Å². The minimum atomic E-state index is -0.638. The van der Waals surface area contributed by atoms with Crippen LogP contribution in [0.3, 0.4) is 0 Å². The molecule has 1 atom stereocenters. The highest BCUT2D eigenvalue weighted by Gasteiger charge is 2.30. The Balaban J connectivity index is 2.08. The van der Waals surface area contributed by atoms with Crippen molar-refractivity contribution in [3.63, 3.8) is 0 Å². The average molecular weight is 291 g/mol. The van der Waals surface area contributed by atoms with Crippen LogP contribution in [0.15, 0.2) is 18.2 Å². The molecule has 0 radical (unpaired) electrons. The Morgan fingerprint density at radius 1 is 1.29 bits per heavy atom. The molecule has 0 heterocycles. The van der Waals surface area contributed by atoms with E-state index in [2.05, 4.69) is 44.3 Å². The number of ether oxygens (including phenoxy) is 1. The second kappa shape index (κ2) is 7.28. The van der Waals surface area contributed by atoms with Gasteiger partial charge >= 0.3 is 0 Å². The van der Waals surface area contributed by atoms with Crippen LogP contribution in [0, 0.1) is 6.92 Å². The summed E-state index contributed by atoms with van der Waals surface area (Å²) in [5.41, 5.74) is 1.72. The first-order chi connectivity index (χ1) is 10.0. The highest BCUT2D eigenvalue weighted by atomic mass is 16.5. The fourth-order valence-corrected chi connectivity index (χ4v) is 3.11. The lowest BCUT2D eigenvalue weighted by molar-refractivity contribution is -0.0342. The second-order valence-electron chi connectivity index (χ2n) is 6.39. The lowest BCUT2D eigenvalue weighted by atomic mass is 9.85. The van der Waals surface area contributed by atoms with Gasteiger partial charge in [0, 0.05) is 11.6 Å². The number of hydrogen-bond donors (Lipinski definition) is 2. The first-order valence-electron chi connectivity index (χ1n) is 8.23. The molecular weight excluding hydrogens is 262 g/mol. The third-order valence-electron chi connectivity index (χ3n) is 4.43. The maximum Gasteiger partial charge on any atom is 0.124 e. The van der Waals surface area contributed by atoms with Gasteiger partial charge in [-0.15, -0.1) is 0 Å². The van der Waals surface area contributed by atoms with Gasteiger partial charge in [0.2, 0.25) is 0 Å². The van der Waals surface area contributed by atoms with E-state index >= 15 is 0 Å². The maximum atomic E-state index is 10.6. The van der Waals surface area contributed by atoms with Crippen LogP contribution >= 0.6 is 0 Å². The van der Waals surface area contributed by atoms with Crippen molar-refractivity contribution in [1.82, 2.24) is 5.32 Å². The van der Waals surface area contributed by atoms with Crippen LogP contribution in [0.1, 0.15) is 63.1 Å². The summed E-state index contributed by atoms with van der Waals surface area (Å²) in [6.07, 6.45) is 5.16. The molecule has 1 aliphatic carbocycles. The van der Waals surface area contributed by atoms with Crippen molar-refractivity contribution in [2.75, 3.05) is 13.2 Å². The van der Waals surface area contributed by atoms with E-state index in [4.69, 9.17) is 4.74 Å². The summed E-state index contributed by atoms with van der Waals surface area (Å²) in [6.45, 7) is 7.66. The Morgan fingerprint density at radius 2 is 2.00 bits per heavy atom. The minimum Gasteiger partial charge on any atom is -0.490 e. The molecule has 3 heteroatoms. The molecule has 1 fully saturated rings. The zero-order chi connectivity index (χ0) is 15.3. The summed E-state index contributed by atoms with van der Waals surface area (Å²) < 4.78 is 6.04. The third-order valence-corrected chi connectivity index (χ3v) is 4.43. The zero-order valence-electron chi connectivity index (χ0n) is 13.6. The fourth-order valence-electron chi connectivity index (χ4n) is 3.11. The molecular formula is C18H29NO2. The monoisotopic (exact) mass is 291 g/mol. The highest BCUT2D eigenvalue weighted by Crippen LogP contribution is 2.31. The molecule has 0 aliphatic heterocycles. The zero-order valence-corrected chi connectivity index (χ0v) is 13.6. The Bertz CT molecular complexity index is 453. The van der Waals surface area contributed by atoms with Crippen LogP contribution in [0.2, 0.25) is 0 Å². The van der Waals surface area contributed by atoms with Gasteiger partial charge in [0.25, 0.3) is 0 Å². The quantitative estimate of drug-likeness (QED) is 0.839. The lowest BCUT2D eigenvalue weighted by Gasteiger charge is -2.32. The van der Waals surface area contributed by atoms with Gasteiger partial charge in [0.05, 0.1) is 5.60 Å². The maximum absolute atomic E-state index is 10.6. The number of benzene rings is 1. The molecule has 1 unspecified atom stereocenters. The molecule has 0 aromatic heterocycles. The van der Waals surface area contributed by atoms with Gasteiger partial charge in [-0.05, 0) is 44.9 Å². The van der Waals surface area contributed by atoms with Crippen LogP contribution in [-0.4, -0.2) is 23.9 Å². The number of hydrogen-bond acceptors (Lipinski definition) is 3. The van der Waals surface area contributed by atoms with Gasteiger partial charge in [-0.3, -0.25) is 0 Å². The predicted molar refractivity (Wildman–Crippen MR) is 86.8 cm³/mol. The minimum absolute atomic E-state index is 0.256. The molecule has 1 aromatic rings. The van der Waals surface area contributed by atoms with E-state index in [1.807, 2.05) is 0 Å². The number of aryl methyl sites for hydroxylation is 1. The highest BCUT2D eigenvalue weighted by molar-refractivity contribution is 5.39. The van der Waals surface area contributed by atoms with E-state index in [1.54, 1.807) is 0 Å². The Labute approximate surface area is 128 Å². The van der Waals surface area contributed by atoms with Gasteiger partial charge in [-0.25, -0.2) is 0 Å². The van der Waals surface area contributed by atoms with E-state index in [0.717, 1.165) is 38.0 Å². The van der Waals surface area contributed by atoms with Crippen molar-refractivity contribution < 1.29 is 9.84 Å². The SMILES string of the molecule is CCNC(C)c1ccc(C)cc1OCC1(O)CCCCC1. The molecule has 1 saturated carbocycles. The van der Waals surface area contributed by atoms with Crippen molar-refractivity contribution in [1.29, 1.82) is 0 Å². The van der Waals surface area contributed by atoms with E-state index in [0.29, 0.717) is 6.61 Å². The van der Waals surface area contributed by atoms with Crippen LogP contribution in [0.5, 0.6) is 5.75 Å². The lowest BCUT2D eigenvalue weighted by Crippen LogP contribution is -2.38. The molecule has 0 amide bonds. The third kappa shape index (κ3) is 4.45. The number of rotatable bonds is 6. The largest absolute Gasteiger partial charge is 0.490 e. The summed E-state index contributed by atoms with van der Waals surface area (Å²) in [5, 5.41) is 14.0. The van der Waals surface area contributed by atoms with Gasteiger partial charge in [-0.2, -0.15) is 0 Å². The summed E-state index contributed by atoms with van der Waals surface area (Å²) >= 11 is 0. The summed E-state index contributed by atoms with van der Waals surface area (Å²) in [7, 11) is 0. The first kappa shape index (κ1) is 16.3. The normalized spacial score (nSPS) is 19.2. The van der Waals surface area contributed by atoms with Crippen molar-refractivity contribution in [3.8, 4) is 5.75 Å². The van der Waals surface area contributed by atoms with Crippen molar-refractivity contribution >= 4 is 0 Å². The Morgan fingerprint density at radius 3 is 2.67 bits per heavy atom. The number of nitrogens with one attached hydrogen (secondary N) is 1. The Hall–Kier alpha value is -1.06. The van der Waals surface area contributed by atoms with E-state index < -0.39 is 5.60 Å². The summed E-state index contributed by atoms with van der Waals surface area (Å²) in [4.78, 5) is 0. The first-order valence-corrected chi connectivity index (χ1v) is 8.23. The van der Waals surface area contributed by atoms with Crippen molar-refractivity contribution in [2.45, 2.75) is 64.5 Å². The van der Waals surface area contributed by atoms with Crippen molar-refractivity contribution in [3.05, 3.63) is 29.3 Å². The van der Waals surface area contributed by atoms with E-state index in [1.165, 1.54) is 17.5 Å². The van der Waals surface area contributed by atoms with Gasteiger partial charge in [-0.1, -0.05) is 38.3 Å². The molecule has 1 aliphatic rings. The van der Waals surface area contributed by atoms with Gasteiger partial charge in [0.15, 0.2) is 0 Å². The van der Waals surface area contributed by atoms with Crippen LogP contribution in [0.4, 0.5) is 0 Å². The standard InChI is InChI=1S/C18H29NO2/c1-4-19-15(3)16-9-8-14(2)12-17(16)21-13-18(20)10-6-5-7-11-18/h8-9,12,15,19-20H,4-7,10-11,13H2,1-3H3. The molecule has 1 aromatic carbocycles. The Kier molecular flexibility index (Phi) is 5.65. The fraction of sp³-hybridized carbons (Fsp3) is 0.667. The van der Waals surface area contributed by atoms with E-state index in [9.17, 15) is 5.11 Å². The molecule has 118 valence electrons. The summed E-state index contributed by atoms with van der Waals surface area (Å²) in [5.74, 6) is 0.905. The smallest absolute Gasteiger partial charge is 0.124 e. The van der Waals surface area contributed by atoms with Crippen LogP contribution in [-0.2, 0) is 0 Å². The molecule has 3 nitrogen and oxygen atoms in total. The van der Waals surface area contributed by atoms with Crippen molar-refractivity contribution in [2.24, 2.45) is 0 Å². The molecule has 2 rings (SSSR count). The molecule has 0 spiro atoms. The molecule has 2 N–H and O–H groups in total. The van der Waals surface area contributed by atoms with Gasteiger partial charge in [0.1, 0.15) is 12.4 Å².